The van der Waals surface area contributed by atoms with Gasteiger partial charge >= 0.3 is 5.97 Å². The normalized spacial score (nSPS) is 14.7. The Hall–Kier alpha value is -4.01. The van der Waals surface area contributed by atoms with E-state index in [-0.39, 0.29) is 11.6 Å². The summed E-state index contributed by atoms with van der Waals surface area (Å²) in [6.07, 6.45) is 2.43. The summed E-state index contributed by atoms with van der Waals surface area (Å²) in [6.45, 7) is 2.63. The number of benzene rings is 2. The Morgan fingerprint density at radius 3 is 2.67 bits per heavy atom. The molecule has 30 heavy (non-hydrogen) atoms. The Morgan fingerprint density at radius 1 is 1.20 bits per heavy atom. The van der Waals surface area contributed by atoms with Crippen LogP contribution in [0.4, 0.5) is 17.1 Å². The van der Waals surface area contributed by atoms with E-state index in [1.807, 2.05) is 0 Å². The van der Waals surface area contributed by atoms with Crippen molar-refractivity contribution in [2.45, 2.75) is 19.4 Å². The maximum Gasteiger partial charge on any atom is 0.331 e. The molecule has 0 aromatic heterocycles. The first-order chi connectivity index (χ1) is 14.2. The number of nitro benzene ring substituents is 1. The van der Waals surface area contributed by atoms with Gasteiger partial charge < -0.3 is 10.1 Å². The van der Waals surface area contributed by atoms with Gasteiger partial charge in [-0.05, 0) is 37.6 Å². The molecule has 0 aliphatic carbocycles. The van der Waals surface area contributed by atoms with Gasteiger partial charge in [0.2, 0.25) is 5.91 Å². The predicted molar refractivity (Wildman–Crippen MR) is 110 cm³/mol. The van der Waals surface area contributed by atoms with Crippen LogP contribution in [-0.2, 0) is 19.1 Å². The number of amides is 2. The Labute approximate surface area is 172 Å². The number of para-hydroxylation sites is 2. The molecule has 9 nitrogen and oxygen atoms in total. The Bertz CT molecular complexity index is 1060. The van der Waals surface area contributed by atoms with Crippen molar-refractivity contribution < 1.29 is 24.0 Å². The second kappa shape index (κ2) is 8.16. The highest BCUT2D eigenvalue weighted by molar-refractivity contribution is 6.14. The summed E-state index contributed by atoms with van der Waals surface area (Å²) in [5.74, 6) is -1.70. The molecule has 2 aromatic carbocycles. The van der Waals surface area contributed by atoms with E-state index in [9.17, 15) is 24.5 Å². The van der Waals surface area contributed by atoms with Crippen molar-refractivity contribution in [3.05, 3.63) is 70.3 Å². The molecule has 9 heteroatoms. The number of hydrogen-bond acceptors (Lipinski definition) is 6. The fourth-order valence-corrected chi connectivity index (χ4v) is 3.05. The first-order valence-corrected chi connectivity index (χ1v) is 9.03. The van der Waals surface area contributed by atoms with Gasteiger partial charge in [-0.15, -0.1) is 0 Å². The van der Waals surface area contributed by atoms with Crippen LogP contribution in [0.5, 0.6) is 0 Å². The van der Waals surface area contributed by atoms with Crippen molar-refractivity contribution in [1.82, 2.24) is 0 Å². The van der Waals surface area contributed by atoms with Gasteiger partial charge in [-0.25, -0.2) is 4.79 Å². The highest BCUT2D eigenvalue weighted by Crippen LogP contribution is 2.36. The number of carbonyl (C=O) groups is 3. The van der Waals surface area contributed by atoms with E-state index in [4.69, 9.17) is 4.74 Å². The fourth-order valence-electron chi connectivity index (χ4n) is 3.05. The third-order valence-electron chi connectivity index (χ3n) is 4.59. The Kier molecular flexibility index (Phi) is 5.63. The van der Waals surface area contributed by atoms with Crippen LogP contribution in [0.25, 0.3) is 6.08 Å². The van der Waals surface area contributed by atoms with Crippen LogP contribution >= 0.6 is 0 Å². The number of nitrogens with zero attached hydrogens (tertiary/aromatic N) is 2. The second-order valence-corrected chi connectivity index (χ2v) is 7.05. The third-order valence-corrected chi connectivity index (χ3v) is 4.59. The maximum atomic E-state index is 12.8. The maximum absolute atomic E-state index is 12.8. The van der Waals surface area contributed by atoms with E-state index in [1.54, 1.807) is 44.2 Å². The van der Waals surface area contributed by atoms with Gasteiger partial charge in [0.1, 0.15) is 5.54 Å². The molecule has 0 saturated carbocycles. The molecule has 0 saturated heterocycles. The molecule has 0 bridgehead atoms. The molecule has 3 rings (SSSR count). The summed E-state index contributed by atoms with van der Waals surface area (Å²) in [5.41, 5.74) is 0.166. The third kappa shape index (κ3) is 4.19. The van der Waals surface area contributed by atoms with Gasteiger partial charge in [0, 0.05) is 18.2 Å². The molecule has 0 unspecified atom stereocenters. The number of nitro groups is 1. The molecule has 0 spiro atoms. The van der Waals surface area contributed by atoms with Gasteiger partial charge in [0.25, 0.3) is 11.6 Å². The molecule has 1 heterocycles. The number of non-ortho nitro benzene ring substituents is 1. The van der Waals surface area contributed by atoms with Crippen LogP contribution in [0, 0.1) is 10.1 Å². The number of anilines is 2. The quantitative estimate of drug-likeness (QED) is 0.351. The van der Waals surface area contributed by atoms with Crippen LogP contribution in [0.1, 0.15) is 19.4 Å². The van der Waals surface area contributed by atoms with E-state index >= 15 is 0 Å². The fraction of sp³-hybridized carbons (Fsp3) is 0.190. The standard InChI is InChI=1S/C21H19N3O6/c1-21(2)20(27)22-16-8-3-4-9-17(16)23(21)18(25)13-30-19(26)11-10-14-6-5-7-15(12-14)24(28)29/h3-12H,13H2,1-2H3,(H,22,27)/b11-10+. The van der Waals surface area contributed by atoms with E-state index in [0.29, 0.717) is 16.9 Å². The van der Waals surface area contributed by atoms with E-state index in [1.165, 1.54) is 29.2 Å². The molecule has 1 aliphatic rings. The first-order valence-electron chi connectivity index (χ1n) is 9.03. The van der Waals surface area contributed by atoms with Crippen LogP contribution in [0.2, 0.25) is 0 Å². The molecule has 154 valence electrons. The van der Waals surface area contributed by atoms with Crippen LogP contribution in [0.15, 0.2) is 54.6 Å². The zero-order valence-electron chi connectivity index (χ0n) is 16.3. The van der Waals surface area contributed by atoms with Crippen molar-refractivity contribution in [3.63, 3.8) is 0 Å². The summed E-state index contributed by atoms with van der Waals surface area (Å²) in [7, 11) is 0. The van der Waals surface area contributed by atoms with Gasteiger partial charge in [-0.2, -0.15) is 0 Å². The molecule has 2 amide bonds. The van der Waals surface area contributed by atoms with Crippen molar-refractivity contribution >= 4 is 40.9 Å². The molecule has 0 fully saturated rings. The SMILES string of the molecule is CC1(C)C(=O)Nc2ccccc2N1C(=O)COC(=O)/C=C/c1cccc([N+](=O)[O-])c1. The minimum atomic E-state index is -1.17. The van der Waals surface area contributed by atoms with Crippen LogP contribution in [0.3, 0.4) is 0 Å². The second-order valence-electron chi connectivity index (χ2n) is 7.05. The summed E-state index contributed by atoms with van der Waals surface area (Å²) in [4.78, 5) is 48.8. The largest absolute Gasteiger partial charge is 0.452 e. The average molecular weight is 409 g/mol. The van der Waals surface area contributed by atoms with Gasteiger partial charge in [0.05, 0.1) is 16.3 Å². The molecule has 0 atom stereocenters. The van der Waals surface area contributed by atoms with Gasteiger partial charge in [-0.3, -0.25) is 24.6 Å². The van der Waals surface area contributed by atoms with E-state index in [0.717, 1.165) is 6.08 Å². The van der Waals surface area contributed by atoms with Gasteiger partial charge in [-0.1, -0.05) is 24.3 Å². The first kappa shape index (κ1) is 20.7. The lowest BCUT2D eigenvalue weighted by Gasteiger charge is -2.41. The molecule has 1 N–H and O–H groups in total. The highest BCUT2D eigenvalue weighted by Gasteiger charge is 2.43. The average Bonchev–Trinajstić information content (AvgIpc) is 2.71. The number of esters is 1. The number of carbonyl (C=O) groups excluding carboxylic acids is 3. The summed E-state index contributed by atoms with van der Waals surface area (Å²) in [6, 6.07) is 12.6. The zero-order chi connectivity index (χ0) is 21.9. The minimum Gasteiger partial charge on any atom is -0.452 e. The van der Waals surface area contributed by atoms with Crippen LogP contribution in [-0.4, -0.2) is 34.9 Å². The number of fused-ring (bicyclic) bond motifs is 1. The lowest BCUT2D eigenvalue weighted by atomic mass is 9.96. The van der Waals surface area contributed by atoms with Crippen LogP contribution < -0.4 is 10.2 Å². The number of ether oxygens (including phenoxy) is 1. The highest BCUT2D eigenvalue weighted by atomic mass is 16.6. The molecule has 2 aromatic rings. The molecule has 0 radical (unpaired) electrons. The summed E-state index contributed by atoms with van der Waals surface area (Å²) < 4.78 is 5.02. The van der Waals surface area contributed by atoms with E-state index in [2.05, 4.69) is 5.32 Å². The van der Waals surface area contributed by atoms with Crippen molar-refractivity contribution in [2.75, 3.05) is 16.8 Å². The van der Waals surface area contributed by atoms with Crippen molar-refractivity contribution in [1.29, 1.82) is 0 Å². The Balaban J connectivity index is 1.69. The molecular weight excluding hydrogens is 390 g/mol. The zero-order valence-corrected chi connectivity index (χ0v) is 16.3. The molecular formula is C21H19N3O6. The van der Waals surface area contributed by atoms with Gasteiger partial charge in [0.15, 0.2) is 6.61 Å². The lowest BCUT2D eigenvalue weighted by molar-refractivity contribution is -0.384. The number of rotatable bonds is 5. The van der Waals surface area contributed by atoms with Crippen molar-refractivity contribution in [3.8, 4) is 0 Å². The van der Waals surface area contributed by atoms with E-state index < -0.39 is 28.9 Å². The minimum absolute atomic E-state index is 0.107. The number of hydrogen-bond donors (Lipinski definition) is 1. The topological polar surface area (TPSA) is 119 Å². The lowest BCUT2D eigenvalue weighted by Crippen LogP contribution is -2.59. The number of nitrogens with one attached hydrogen (secondary N) is 1. The summed E-state index contributed by atoms with van der Waals surface area (Å²) >= 11 is 0. The monoisotopic (exact) mass is 409 g/mol. The Morgan fingerprint density at radius 2 is 1.93 bits per heavy atom. The predicted octanol–water partition coefficient (Wildman–Crippen LogP) is 2.92. The van der Waals surface area contributed by atoms with Crippen molar-refractivity contribution in [2.24, 2.45) is 0 Å². The smallest absolute Gasteiger partial charge is 0.331 e. The molecule has 1 aliphatic heterocycles. The summed E-state index contributed by atoms with van der Waals surface area (Å²) in [5, 5.41) is 13.6.